The lowest BCUT2D eigenvalue weighted by Gasteiger charge is -2.23. The molecule has 0 aliphatic carbocycles. The summed E-state index contributed by atoms with van der Waals surface area (Å²) in [4.78, 5) is 49.5. The highest BCUT2D eigenvalue weighted by atomic mass is 16.6. The minimum Gasteiger partial charge on any atom is -0.466 e. The Balaban J connectivity index is 1.72. The topological polar surface area (TPSA) is 129 Å². The van der Waals surface area contributed by atoms with E-state index in [1.165, 1.54) is 0 Å². The highest BCUT2D eigenvalue weighted by molar-refractivity contribution is 5.90. The van der Waals surface area contributed by atoms with Gasteiger partial charge in [0.15, 0.2) is 0 Å². The summed E-state index contributed by atoms with van der Waals surface area (Å²) in [6.07, 6.45) is 0.366. The van der Waals surface area contributed by atoms with Crippen molar-refractivity contribution in [2.75, 3.05) is 13.2 Å². The maximum atomic E-state index is 12.6. The zero-order chi connectivity index (χ0) is 30.4. The minimum absolute atomic E-state index is 0.0510. The first kappa shape index (κ1) is 33.0. The van der Waals surface area contributed by atoms with Crippen LogP contribution in [0.25, 0.3) is 11.1 Å². The normalized spacial score (nSPS) is 12.2. The van der Waals surface area contributed by atoms with E-state index in [-0.39, 0.29) is 38.3 Å². The third-order valence-electron chi connectivity index (χ3n) is 6.14. The van der Waals surface area contributed by atoms with Gasteiger partial charge in [0.05, 0.1) is 54.5 Å². The summed E-state index contributed by atoms with van der Waals surface area (Å²) in [6, 6.07) is 16.3. The van der Waals surface area contributed by atoms with Crippen molar-refractivity contribution in [2.24, 2.45) is 11.8 Å². The van der Waals surface area contributed by atoms with Crippen molar-refractivity contribution in [1.29, 1.82) is 5.26 Å². The Hall–Kier alpha value is -4.19. The Morgan fingerprint density at radius 3 is 1.78 bits per heavy atom. The summed E-state index contributed by atoms with van der Waals surface area (Å²) in [5.41, 5.74) is 2.86. The fourth-order valence-electron chi connectivity index (χ4n) is 3.92. The van der Waals surface area contributed by atoms with E-state index in [0.29, 0.717) is 24.0 Å². The summed E-state index contributed by atoms with van der Waals surface area (Å²) in [5.74, 6) is -3.59. The van der Waals surface area contributed by atoms with Crippen molar-refractivity contribution in [1.82, 2.24) is 0 Å². The Morgan fingerprint density at radius 2 is 1.24 bits per heavy atom. The monoisotopic (exact) mass is 565 g/mol. The van der Waals surface area contributed by atoms with Crippen LogP contribution in [0, 0.1) is 23.2 Å². The van der Waals surface area contributed by atoms with Crippen molar-refractivity contribution < 1.29 is 38.1 Å². The summed E-state index contributed by atoms with van der Waals surface area (Å²) in [7, 11) is 0. The number of hydrogen-bond acceptors (Lipinski definition) is 9. The molecule has 0 saturated heterocycles. The Kier molecular flexibility index (Phi) is 13.5. The third-order valence-corrected chi connectivity index (χ3v) is 6.14. The number of esters is 4. The van der Waals surface area contributed by atoms with Gasteiger partial charge in [-0.1, -0.05) is 31.2 Å². The molecule has 9 nitrogen and oxygen atoms in total. The molecule has 2 atom stereocenters. The van der Waals surface area contributed by atoms with Crippen molar-refractivity contribution in [2.45, 2.75) is 72.5 Å². The molecule has 9 heteroatoms. The smallest absolute Gasteiger partial charge is 0.338 e. The van der Waals surface area contributed by atoms with Crippen LogP contribution < -0.4 is 0 Å². The van der Waals surface area contributed by atoms with Crippen LogP contribution in [0.5, 0.6) is 0 Å². The highest BCUT2D eigenvalue weighted by Gasteiger charge is 2.34. The Bertz CT molecular complexity index is 1200. The third kappa shape index (κ3) is 11.4. The average molecular weight is 566 g/mol. The van der Waals surface area contributed by atoms with Gasteiger partial charge in [0, 0.05) is 6.42 Å². The molecular weight excluding hydrogens is 526 g/mol. The lowest BCUT2D eigenvalue weighted by Crippen LogP contribution is -2.33. The molecule has 0 aromatic heterocycles. The van der Waals surface area contributed by atoms with E-state index in [2.05, 4.69) is 6.07 Å². The van der Waals surface area contributed by atoms with E-state index >= 15 is 0 Å². The first-order chi connectivity index (χ1) is 19.5. The number of carbonyl (C=O) groups is 4. The van der Waals surface area contributed by atoms with Gasteiger partial charge >= 0.3 is 23.9 Å². The molecule has 2 aromatic rings. The SMILES string of the molecule is CC(C)OC(=O)C(C)C(CCC(=O)OCCCCOC(=O)c1ccc(-c2ccc(C#N)cc2)cc1)C(=O)OC(C)C. The van der Waals surface area contributed by atoms with E-state index in [1.54, 1.807) is 58.9 Å². The molecule has 0 spiro atoms. The van der Waals surface area contributed by atoms with Crippen LogP contribution >= 0.6 is 0 Å². The number of nitrogens with zero attached hydrogens (tertiary/aromatic N) is 1. The van der Waals surface area contributed by atoms with Gasteiger partial charge in [0.1, 0.15) is 0 Å². The number of ether oxygens (including phenoxy) is 4. The van der Waals surface area contributed by atoms with Gasteiger partial charge in [-0.25, -0.2) is 4.79 Å². The second kappa shape index (κ2) is 16.8. The molecule has 0 bridgehead atoms. The quantitative estimate of drug-likeness (QED) is 0.153. The van der Waals surface area contributed by atoms with E-state index in [4.69, 9.17) is 24.2 Å². The van der Waals surface area contributed by atoms with Gasteiger partial charge < -0.3 is 18.9 Å². The second-order valence-corrected chi connectivity index (χ2v) is 10.2. The van der Waals surface area contributed by atoms with Gasteiger partial charge in [0.2, 0.25) is 0 Å². The Morgan fingerprint density at radius 1 is 0.732 bits per heavy atom. The zero-order valence-electron chi connectivity index (χ0n) is 24.4. The molecular formula is C32H39NO8. The second-order valence-electron chi connectivity index (χ2n) is 10.2. The maximum Gasteiger partial charge on any atom is 0.338 e. The molecule has 220 valence electrons. The number of rotatable bonds is 15. The molecule has 2 aromatic carbocycles. The van der Waals surface area contributed by atoms with E-state index in [0.717, 1.165) is 11.1 Å². The van der Waals surface area contributed by atoms with Crippen molar-refractivity contribution in [3.05, 3.63) is 59.7 Å². The lowest BCUT2D eigenvalue weighted by atomic mass is 9.89. The first-order valence-electron chi connectivity index (χ1n) is 13.9. The van der Waals surface area contributed by atoms with Crippen LogP contribution in [0.2, 0.25) is 0 Å². The summed E-state index contributed by atoms with van der Waals surface area (Å²) >= 11 is 0. The number of nitriles is 1. The average Bonchev–Trinajstić information content (AvgIpc) is 2.94. The molecule has 0 heterocycles. The molecule has 2 unspecified atom stereocenters. The fourth-order valence-corrected chi connectivity index (χ4v) is 3.92. The van der Waals surface area contributed by atoms with Crippen molar-refractivity contribution in [3.63, 3.8) is 0 Å². The van der Waals surface area contributed by atoms with E-state index in [1.807, 2.05) is 24.3 Å². The molecule has 41 heavy (non-hydrogen) atoms. The van der Waals surface area contributed by atoms with Crippen LogP contribution in [0.1, 0.15) is 76.2 Å². The molecule has 0 fully saturated rings. The molecule has 2 rings (SSSR count). The first-order valence-corrected chi connectivity index (χ1v) is 13.9. The number of hydrogen-bond donors (Lipinski definition) is 0. The van der Waals surface area contributed by atoms with E-state index < -0.39 is 35.7 Å². The minimum atomic E-state index is -0.825. The van der Waals surface area contributed by atoms with Crippen molar-refractivity contribution >= 4 is 23.9 Å². The largest absolute Gasteiger partial charge is 0.466 e. The molecule has 0 radical (unpaired) electrons. The summed E-state index contributed by atoms with van der Waals surface area (Å²) < 4.78 is 21.1. The molecule has 0 saturated carbocycles. The van der Waals surface area contributed by atoms with Crippen LogP contribution in [-0.4, -0.2) is 49.3 Å². The molecule has 0 N–H and O–H groups in total. The summed E-state index contributed by atoms with van der Waals surface area (Å²) in [5, 5.41) is 8.92. The van der Waals surface area contributed by atoms with Crippen LogP contribution in [0.3, 0.4) is 0 Å². The molecule has 0 aliphatic rings. The van der Waals surface area contributed by atoms with Crippen LogP contribution in [0.4, 0.5) is 0 Å². The van der Waals surface area contributed by atoms with Gasteiger partial charge in [-0.2, -0.15) is 5.26 Å². The van der Waals surface area contributed by atoms with Crippen molar-refractivity contribution in [3.8, 4) is 17.2 Å². The van der Waals surface area contributed by atoms with Gasteiger partial charge in [-0.15, -0.1) is 0 Å². The van der Waals surface area contributed by atoms with Gasteiger partial charge in [-0.3, -0.25) is 14.4 Å². The highest BCUT2D eigenvalue weighted by Crippen LogP contribution is 2.23. The zero-order valence-corrected chi connectivity index (χ0v) is 24.4. The van der Waals surface area contributed by atoms with Gasteiger partial charge in [-0.05, 0) is 82.3 Å². The van der Waals surface area contributed by atoms with Crippen LogP contribution in [0.15, 0.2) is 48.5 Å². The number of benzene rings is 2. The number of carbonyl (C=O) groups excluding carboxylic acids is 4. The van der Waals surface area contributed by atoms with Crippen LogP contribution in [-0.2, 0) is 33.3 Å². The standard InChI is InChI=1S/C32H39NO8/c1-21(2)40-30(35)23(5)28(32(37)41-22(3)4)16-17-29(34)38-18-6-7-19-39-31(36)27-14-12-26(13-15-27)25-10-8-24(20-33)9-11-25/h8-15,21-23,28H,6-7,16-19H2,1-5H3. The predicted octanol–water partition coefficient (Wildman–Crippen LogP) is 5.64. The molecule has 0 aliphatic heterocycles. The van der Waals surface area contributed by atoms with E-state index in [9.17, 15) is 19.2 Å². The Labute approximate surface area is 241 Å². The summed E-state index contributed by atoms with van der Waals surface area (Å²) in [6.45, 7) is 8.78. The predicted molar refractivity (Wildman–Crippen MR) is 151 cm³/mol. The lowest BCUT2D eigenvalue weighted by molar-refractivity contribution is -0.165. The maximum absolute atomic E-state index is 12.6. The molecule has 0 amide bonds. The number of unbranched alkanes of at least 4 members (excludes halogenated alkanes) is 1. The fraction of sp³-hybridized carbons (Fsp3) is 0.469. The van der Waals surface area contributed by atoms with Gasteiger partial charge in [0.25, 0.3) is 0 Å².